The number of amides is 2. The van der Waals surface area contributed by atoms with Gasteiger partial charge in [0.2, 0.25) is 11.8 Å². The Morgan fingerprint density at radius 2 is 1.65 bits per heavy atom. The zero-order valence-electron chi connectivity index (χ0n) is 23.0. The predicted octanol–water partition coefficient (Wildman–Crippen LogP) is 4.92. The van der Waals surface area contributed by atoms with Crippen LogP contribution >= 0.6 is 11.6 Å². The quantitative estimate of drug-likeness (QED) is 0.271. The van der Waals surface area contributed by atoms with Crippen molar-refractivity contribution in [3.05, 3.63) is 89.4 Å². The third-order valence-corrected chi connectivity index (χ3v) is 8.60. The summed E-state index contributed by atoms with van der Waals surface area (Å²) in [6.45, 7) is 3.89. The molecule has 0 spiro atoms. The number of ether oxygens (including phenoxy) is 1. The highest BCUT2D eigenvalue weighted by atomic mass is 35.5. The van der Waals surface area contributed by atoms with E-state index in [0.29, 0.717) is 18.7 Å². The molecule has 0 aliphatic rings. The summed E-state index contributed by atoms with van der Waals surface area (Å²) in [5.41, 5.74) is 1.20. The van der Waals surface area contributed by atoms with Crippen molar-refractivity contribution in [2.45, 2.75) is 44.0 Å². The summed E-state index contributed by atoms with van der Waals surface area (Å²) in [7, 11) is -2.71. The van der Waals surface area contributed by atoms with Gasteiger partial charge in [-0.3, -0.25) is 13.9 Å². The van der Waals surface area contributed by atoms with Gasteiger partial charge in [-0.15, -0.1) is 0 Å². The number of carbonyl (C=O) groups excluding carboxylic acids is 2. The van der Waals surface area contributed by atoms with Crippen molar-refractivity contribution in [3.8, 4) is 5.75 Å². The molecule has 1 unspecified atom stereocenters. The molecule has 0 saturated carbocycles. The van der Waals surface area contributed by atoms with Gasteiger partial charge in [-0.05, 0) is 55.7 Å². The van der Waals surface area contributed by atoms with E-state index in [1.165, 1.54) is 36.3 Å². The fourth-order valence-electron chi connectivity index (χ4n) is 4.17. The number of benzene rings is 3. The average Bonchev–Trinajstić information content (AvgIpc) is 2.96. The van der Waals surface area contributed by atoms with Crippen LogP contribution in [0.4, 0.5) is 5.69 Å². The zero-order valence-corrected chi connectivity index (χ0v) is 24.6. The lowest BCUT2D eigenvalue weighted by atomic mass is 10.1. The first-order valence-corrected chi connectivity index (χ1v) is 15.0. The maximum Gasteiger partial charge on any atom is 0.264 e. The Morgan fingerprint density at radius 3 is 2.25 bits per heavy atom. The third kappa shape index (κ3) is 7.99. The molecule has 0 aliphatic carbocycles. The van der Waals surface area contributed by atoms with Crippen molar-refractivity contribution < 1.29 is 22.7 Å². The van der Waals surface area contributed by atoms with Crippen molar-refractivity contribution >= 4 is 39.1 Å². The molecule has 214 valence electrons. The molecule has 8 nitrogen and oxygen atoms in total. The smallest absolute Gasteiger partial charge is 0.264 e. The van der Waals surface area contributed by atoms with Gasteiger partial charge in [0.15, 0.2) is 0 Å². The summed E-state index contributed by atoms with van der Waals surface area (Å²) in [5.74, 6) is -0.434. The van der Waals surface area contributed by atoms with E-state index < -0.39 is 28.5 Å². The van der Waals surface area contributed by atoms with Gasteiger partial charge in [-0.25, -0.2) is 8.42 Å². The molecule has 2 amide bonds. The first-order chi connectivity index (χ1) is 19.2. The molecular formula is C30H36ClN3O5S. The van der Waals surface area contributed by atoms with E-state index in [0.717, 1.165) is 22.7 Å². The Labute approximate surface area is 241 Å². The second-order valence-corrected chi connectivity index (χ2v) is 11.6. The van der Waals surface area contributed by atoms with Crippen molar-refractivity contribution in [2.75, 3.05) is 31.0 Å². The topological polar surface area (TPSA) is 96.0 Å². The normalized spacial score (nSPS) is 11.9. The Balaban J connectivity index is 1.97. The van der Waals surface area contributed by atoms with E-state index in [1.807, 2.05) is 37.3 Å². The second-order valence-electron chi connectivity index (χ2n) is 9.29. The number of sulfonamides is 1. The molecule has 0 heterocycles. The Kier molecular flexibility index (Phi) is 11.4. The molecule has 10 heteroatoms. The van der Waals surface area contributed by atoms with Crippen LogP contribution < -0.4 is 14.4 Å². The highest BCUT2D eigenvalue weighted by Gasteiger charge is 2.32. The molecular weight excluding hydrogens is 550 g/mol. The van der Waals surface area contributed by atoms with E-state index in [-0.39, 0.29) is 28.1 Å². The van der Waals surface area contributed by atoms with Crippen LogP contribution in [0.3, 0.4) is 0 Å². The first-order valence-electron chi connectivity index (χ1n) is 13.2. The molecule has 40 heavy (non-hydrogen) atoms. The number of hydrogen-bond donors (Lipinski definition) is 1. The van der Waals surface area contributed by atoms with E-state index in [4.69, 9.17) is 16.3 Å². The maximum atomic E-state index is 13.9. The lowest BCUT2D eigenvalue weighted by Crippen LogP contribution is -2.52. The van der Waals surface area contributed by atoms with Crippen molar-refractivity contribution in [1.82, 2.24) is 10.2 Å². The second kappa shape index (κ2) is 14.7. The van der Waals surface area contributed by atoms with Crippen molar-refractivity contribution in [2.24, 2.45) is 0 Å². The van der Waals surface area contributed by atoms with Crippen LogP contribution in [0.15, 0.2) is 83.8 Å². The molecule has 0 aromatic heterocycles. The molecule has 0 radical (unpaired) electrons. The Morgan fingerprint density at radius 1 is 1.00 bits per heavy atom. The molecule has 1 atom stereocenters. The van der Waals surface area contributed by atoms with Gasteiger partial charge in [0.1, 0.15) is 18.3 Å². The summed E-state index contributed by atoms with van der Waals surface area (Å²) in [6, 6.07) is 21.2. The predicted molar refractivity (Wildman–Crippen MR) is 158 cm³/mol. The van der Waals surface area contributed by atoms with E-state index in [2.05, 4.69) is 5.32 Å². The van der Waals surface area contributed by atoms with Crippen LogP contribution in [0.25, 0.3) is 0 Å². The van der Waals surface area contributed by atoms with Crippen LogP contribution in [0, 0.1) is 0 Å². The highest BCUT2D eigenvalue weighted by Crippen LogP contribution is 2.32. The standard InChI is InChI=1S/C30H36ClN3O5S/c1-4-5-19-32-30(36)23(2)33(20-18-24-12-8-6-9-13-24)29(35)22-34(25-16-17-28(39-3)27(31)21-25)40(37,38)26-14-10-7-11-15-26/h6-17,21,23H,4-5,18-20,22H2,1-3H3,(H,32,36). The summed E-state index contributed by atoms with van der Waals surface area (Å²) in [4.78, 5) is 28.3. The molecule has 0 bridgehead atoms. The Hall–Kier alpha value is -3.56. The number of nitrogens with zero attached hydrogens (tertiary/aromatic N) is 2. The lowest BCUT2D eigenvalue weighted by molar-refractivity contribution is -0.138. The van der Waals surface area contributed by atoms with E-state index in [9.17, 15) is 18.0 Å². The Bertz CT molecular complexity index is 1370. The van der Waals surface area contributed by atoms with Crippen LogP contribution in [0.5, 0.6) is 5.75 Å². The molecule has 3 rings (SSSR count). The number of unbranched alkanes of at least 4 members (excludes halogenated alkanes) is 1. The average molecular weight is 586 g/mol. The van der Waals surface area contributed by atoms with E-state index in [1.54, 1.807) is 31.2 Å². The molecule has 0 saturated heterocycles. The highest BCUT2D eigenvalue weighted by molar-refractivity contribution is 7.92. The summed E-state index contributed by atoms with van der Waals surface area (Å²) in [6.07, 6.45) is 2.23. The summed E-state index contributed by atoms with van der Waals surface area (Å²) >= 11 is 6.34. The summed E-state index contributed by atoms with van der Waals surface area (Å²) in [5, 5.41) is 3.08. The minimum atomic E-state index is -4.16. The third-order valence-electron chi connectivity index (χ3n) is 6.51. The van der Waals surface area contributed by atoms with E-state index >= 15 is 0 Å². The fourth-order valence-corrected chi connectivity index (χ4v) is 5.84. The van der Waals surface area contributed by atoms with Crippen LogP contribution in [-0.2, 0) is 26.0 Å². The number of nitrogens with one attached hydrogen (secondary N) is 1. The SMILES string of the molecule is CCCCNC(=O)C(C)N(CCc1ccccc1)C(=O)CN(c1ccc(OC)c(Cl)c1)S(=O)(=O)c1ccccc1. The largest absolute Gasteiger partial charge is 0.495 e. The van der Waals surface area contributed by atoms with Gasteiger partial charge >= 0.3 is 0 Å². The van der Waals surface area contributed by atoms with Gasteiger partial charge in [-0.1, -0.05) is 73.5 Å². The molecule has 3 aromatic carbocycles. The fraction of sp³-hybridized carbons (Fsp3) is 0.333. The lowest BCUT2D eigenvalue weighted by Gasteiger charge is -2.32. The maximum absolute atomic E-state index is 13.9. The molecule has 0 aliphatic heterocycles. The minimum absolute atomic E-state index is 0.0240. The number of anilines is 1. The van der Waals surface area contributed by atoms with Crippen LogP contribution in [-0.4, -0.2) is 57.9 Å². The zero-order chi connectivity index (χ0) is 29.1. The number of rotatable bonds is 14. The van der Waals surface area contributed by atoms with Gasteiger partial charge in [-0.2, -0.15) is 0 Å². The van der Waals surface area contributed by atoms with Gasteiger partial charge in [0.05, 0.1) is 22.7 Å². The number of carbonyl (C=O) groups is 2. The van der Waals surface area contributed by atoms with Gasteiger partial charge in [0, 0.05) is 13.1 Å². The monoisotopic (exact) mass is 585 g/mol. The molecule has 0 fully saturated rings. The van der Waals surface area contributed by atoms with Gasteiger partial charge in [0.25, 0.3) is 10.0 Å². The summed E-state index contributed by atoms with van der Waals surface area (Å²) < 4.78 is 33.9. The first kappa shape index (κ1) is 31.0. The number of halogens is 1. The van der Waals surface area contributed by atoms with Crippen LogP contribution in [0.1, 0.15) is 32.3 Å². The molecule has 3 aromatic rings. The van der Waals surface area contributed by atoms with Crippen molar-refractivity contribution in [3.63, 3.8) is 0 Å². The van der Waals surface area contributed by atoms with Crippen molar-refractivity contribution in [1.29, 1.82) is 0 Å². The number of hydrogen-bond acceptors (Lipinski definition) is 5. The number of methoxy groups -OCH3 is 1. The van der Waals surface area contributed by atoms with Crippen LogP contribution in [0.2, 0.25) is 5.02 Å². The van der Waals surface area contributed by atoms with Gasteiger partial charge < -0.3 is 15.0 Å². The molecule has 1 N–H and O–H groups in total. The minimum Gasteiger partial charge on any atom is -0.495 e.